The van der Waals surface area contributed by atoms with Gasteiger partial charge in [-0.3, -0.25) is 0 Å². The zero-order valence-electron chi connectivity index (χ0n) is 8.33. The molecule has 0 unspecified atom stereocenters. The molecule has 0 aromatic heterocycles. The largest absolute Gasteiger partial charge is 0.398 e. The van der Waals surface area contributed by atoms with Gasteiger partial charge in [0, 0.05) is 5.69 Å². The summed E-state index contributed by atoms with van der Waals surface area (Å²) in [6, 6.07) is 7.92. The Labute approximate surface area is 80.3 Å². The predicted octanol–water partition coefficient (Wildman–Crippen LogP) is 3.33. The van der Waals surface area contributed by atoms with Gasteiger partial charge in [0.1, 0.15) is 0 Å². The lowest BCUT2D eigenvalue weighted by molar-refractivity contribution is 0.665. The summed E-state index contributed by atoms with van der Waals surface area (Å²) < 4.78 is 0. The summed E-state index contributed by atoms with van der Waals surface area (Å²) in [5.41, 5.74) is 7.75. The molecule has 0 aliphatic rings. The van der Waals surface area contributed by atoms with Crippen LogP contribution in [0.1, 0.15) is 25.8 Å². The molecule has 0 saturated heterocycles. The first-order valence-electron chi connectivity index (χ1n) is 4.71. The van der Waals surface area contributed by atoms with Crippen molar-refractivity contribution in [3.05, 3.63) is 35.9 Å². The third kappa shape index (κ3) is 3.32. The molecule has 0 fully saturated rings. The van der Waals surface area contributed by atoms with Crippen LogP contribution < -0.4 is 5.73 Å². The van der Waals surface area contributed by atoms with Crippen molar-refractivity contribution in [1.29, 1.82) is 0 Å². The molecule has 1 nitrogen and oxygen atoms in total. The van der Waals surface area contributed by atoms with Gasteiger partial charge in [-0.2, -0.15) is 0 Å². The fraction of sp³-hybridized carbons (Fsp3) is 0.333. The molecule has 0 saturated carbocycles. The third-order valence-electron chi connectivity index (χ3n) is 1.90. The normalized spacial score (nSPS) is 11.3. The van der Waals surface area contributed by atoms with Crippen molar-refractivity contribution in [1.82, 2.24) is 0 Å². The van der Waals surface area contributed by atoms with Crippen LogP contribution in [0.5, 0.6) is 0 Å². The average Bonchev–Trinajstić information content (AvgIpc) is 2.08. The molecule has 70 valence electrons. The van der Waals surface area contributed by atoms with E-state index in [1.165, 1.54) is 0 Å². The zero-order chi connectivity index (χ0) is 9.68. The van der Waals surface area contributed by atoms with Crippen molar-refractivity contribution in [3.63, 3.8) is 0 Å². The Morgan fingerprint density at radius 1 is 1.31 bits per heavy atom. The highest BCUT2D eigenvalue weighted by molar-refractivity contribution is 5.63. The number of allylic oxidation sites excluding steroid dienone is 1. The van der Waals surface area contributed by atoms with E-state index in [9.17, 15) is 0 Å². The molecule has 2 N–H and O–H groups in total. The van der Waals surface area contributed by atoms with E-state index in [0.29, 0.717) is 5.92 Å². The van der Waals surface area contributed by atoms with Gasteiger partial charge >= 0.3 is 0 Å². The molecule has 1 aromatic carbocycles. The van der Waals surface area contributed by atoms with E-state index in [2.05, 4.69) is 26.0 Å². The lowest BCUT2D eigenvalue weighted by Crippen LogP contribution is -1.88. The summed E-state index contributed by atoms with van der Waals surface area (Å²) in [5, 5.41) is 0. The van der Waals surface area contributed by atoms with Crippen LogP contribution in [-0.2, 0) is 0 Å². The number of nitrogen functional groups attached to an aromatic ring is 1. The number of hydrogen-bond donors (Lipinski definition) is 1. The number of para-hydroxylation sites is 1. The monoisotopic (exact) mass is 175 g/mol. The highest BCUT2D eigenvalue weighted by Crippen LogP contribution is 2.13. The highest BCUT2D eigenvalue weighted by Gasteiger charge is 1.92. The molecule has 0 bridgehead atoms. The van der Waals surface area contributed by atoms with Gasteiger partial charge in [-0.25, -0.2) is 0 Å². The first-order chi connectivity index (χ1) is 6.20. The smallest absolute Gasteiger partial charge is 0.0387 e. The van der Waals surface area contributed by atoms with Crippen LogP contribution in [0.4, 0.5) is 5.69 Å². The summed E-state index contributed by atoms with van der Waals surface area (Å²) in [7, 11) is 0. The van der Waals surface area contributed by atoms with Crippen molar-refractivity contribution < 1.29 is 0 Å². The Morgan fingerprint density at radius 2 is 2.00 bits per heavy atom. The molecule has 0 aliphatic heterocycles. The quantitative estimate of drug-likeness (QED) is 0.701. The van der Waals surface area contributed by atoms with Gasteiger partial charge in [0.15, 0.2) is 0 Å². The molecular weight excluding hydrogens is 158 g/mol. The maximum atomic E-state index is 5.79. The van der Waals surface area contributed by atoms with Crippen LogP contribution >= 0.6 is 0 Å². The Balaban J connectivity index is 2.63. The predicted molar refractivity (Wildman–Crippen MR) is 59.3 cm³/mol. The van der Waals surface area contributed by atoms with Crippen molar-refractivity contribution in [2.75, 3.05) is 5.73 Å². The number of benzene rings is 1. The summed E-state index contributed by atoms with van der Waals surface area (Å²) in [5.74, 6) is 0.709. The fourth-order valence-electron chi connectivity index (χ4n) is 1.13. The maximum absolute atomic E-state index is 5.79. The maximum Gasteiger partial charge on any atom is 0.0387 e. The Kier molecular flexibility index (Phi) is 3.56. The van der Waals surface area contributed by atoms with Crippen molar-refractivity contribution in [3.8, 4) is 0 Å². The summed E-state index contributed by atoms with van der Waals surface area (Å²) in [4.78, 5) is 0. The van der Waals surface area contributed by atoms with Crippen LogP contribution in [0.2, 0.25) is 0 Å². The number of nitrogens with two attached hydrogens (primary N) is 1. The van der Waals surface area contributed by atoms with E-state index >= 15 is 0 Å². The SMILES string of the molecule is CC(C)C/C=C/c1ccccc1N. The molecule has 0 amide bonds. The lowest BCUT2D eigenvalue weighted by Gasteiger charge is -2.00. The van der Waals surface area contributed by atoms with E-state index in [-0.39, 0.29) is 0 Å². The summed E-state index contributed by atoms with van der Waals surface area (Å²) >= 11 is 0. The molecule has 0 atom stereocenters. The first kappa shape index (κ1) is 9.85. The van der Waals surface area contributed by atoms with Gasteiger partial charge in [0.05, 0.1) is 0 Å². The van der Waals surface area contributed by atoms with Crippen LogP contribution in [0.3, 0.4) is 0 Å². The molecule has 1 rings (SSSR count). The van der Waals surface area contributed by atoms with Crippen LogP contribution in [0.25, 0.3) is 6.08 Å². The van der Waals surface area contributed by atoms with Crippen LogP contribution in [-0.4, -0.2) is 0 Å². The van der Waals surface area contributed by atoms with Crippen molar-refractivity contribution in [2.24, 2.45) is 5.92 Å². The molecular formula is C12H17N. The van der Waals surface area contributed by atoms with Crippen LogP contribution in [0.15, 0.2) is 30.3 Å². The number of rotatable bonds is 3. The standard InChI is InChI=1S/C12H17N/c1-10(2)6-5-8-11-7-3-4-9-12(11)13/h3-5,7-10H,6,13H2,1-2H3/b8-5+. The molecule has 13 heavy (non-hydrogen) atoms. The first-order valence-corrected chi connectivity index (χ1v) is 4.71. The number of hydrogen-bond acceptors (Lipinski definition) is 1. The molecule has 1 heteroatoms. The van der Waals surface area contributed by atoms with Gasteiger partial charge < -0.3 is 5.73 Å². The second-order valence-electron chi connectivity index (χ2n) is 3.66. The fourth-order valence-corrected chi connectivity index (χ4v) is 1.13. The van der Waals surface area contributed by atoms with Crippen molar-refractivity contribution >= 4 is 11.8 Å². The van der Waals surface area contributed by atoms with E-state index in [1.807, 2.05) is 24.3 Å². The van der Waals surface area contributed by atoms with E-state index < -0.39 is 0 Å². The molecule has 0 radical (unpaired) electrons. The van der Waals surface area contributed by atoms with E-state index in [0.717, 1.165) is 17.7 Å². The molecule has 1 aromatic rings. The number of anilines is 1. The van der Waals surface area contributed by atoms with E-state index in [4.69, 9.17) is 5.73 Å². The molecule has 0 aliphatic carbocycles. The molecule has 0 spiro atoms. The minimum absolute atomic E-state index is 0.709. The average molecular weight is 175 g/mol. The second kappa shape index (κ2) is 4.70. The van der Waals surface area contributed by atoms with E-state index in [1.54, 1.807) is 0 Å². The van der Waals surface area contributed by atoms with Gasteiger partial charge in [-0.15, -0.1) is 0 Å². The van der Waals surface area contributed by atoms with Gasteiger partial charge in [0.25, 0.3) is 0 Å². The lowest BCUT2D eigenvalue weighted by atomic mass is 10.1. The Bertz CT molecular complexity index is 287. The summed E-state index contributed by atoms with van der Waals surface area (Å²) in [6.45, 7) is 4.41. The third-order valence-corrected chi connectivity index (χ3v) is 1.90. The minimum atomic E-state index is 0.709. The van der Waals surface area contributed by atoms with Gasteiger partial charge in [0.2, 0.25) is 0 Å². The minimum Gasteiger partial charge on any atom is -0.398 e. The Morgan fingerprint density at radius 3 is 2.62 bits per heavy atom. The van der Waals surface area contributed by atoms with Crippen LogP contribution in [0, 0.1) is 5.92 Å². The zero-order valence-corrected chi connectivity index (χ0v) is 8.33. The van der Waals surface area contributed by atoms with Crippen molar-refractivity contribution in [2.45, 2.75) is 20.3 Å². The molecule has 0 heterocycles. The second-order valence-corrected chi connectivity index (χ2v) is 3.66. The topological polar surface area (TPSA) is 26.0 Å². The summed E-state index contributed by atoms with van der Waals surface area (Å²) in [6.07, 6.45) is 5.38. The van der Waals surface area contributed by atoms with Gasteiger partial charge in [-0.05, 0) is 24.0 Å². The Hall–Kier alpha value is -1.24. The highest BCUT2D eigenvalue weighted by atomic mass is 14.5. The van der Waals surface area contributed by atoms with Gasteiger partial charge in [-0.1, -0.05) is 44.2 Å².